The summed E-state index contributed by atoms with van der Waals surface area (Å²) in [6, 6.07) is 16.1. The lowest BCUT2D eigenvalue weighted by Crippen LogP contribution is -2.10. The Bertz CT molecular complexity index is 804. The van der Waals surface area contributed by atoms with Crippen LogP contribution in [-0.4, -0.2) is 9.66 Å². The summed E-state index contributed by atoms with van der Waals surface area (Å²) in [5, 5.41) is 0. The van der Waals surface area contributed by atoms with Crippen LogP contribution in [0.2, 0.25) is 0 Å². The van der Waals surface area contributed by atoms with Crippen LogP contribution in [0, 0.1) is 17.5 Å². The van der Waals surface area contributed by atoms with E-state index in [0.29, 0.717) is 4.77 Å². The number of aromatic amines is 1. The van der Waals surface area contributed by atoms with Gasteiger partial charge < -0.3 is 4.98 Å². The fraction of sp³-hybridized carbons (Fsp3) is 0.0625. The number of anilines is 1. The van der Waals surface area contributed by atoms with Crippen molar-refractivity contribution in [3.63, 3.8) is 0 Å². The van der Waals surface area contributed by atoms with Gasteiger partial charge in [0.25, 0.3) is 0 Å². The zero-order valence-electron chi connectivity index (χ0n) is 11.4. The normalized spacial score (nSPS) is 10.6. The van der Waals surface area contributed by atoms with Crippen LogP contribution in [0.4, 0.5) is 10.1 Å². The highest BCUT2D eigenvalue weighted by atomic mass is 32.1. The van der Waals surface area contributed by atoms with Crippen molar-refractivity contribution >= 4 is 17.9 Å². The molecule has 0 saturated carbocycles. The maximum absolute atomic E-state index is 13.0. The van der Waals surface area contributed by atoms with Crippen molar-refractivity contribution in [2.75, 3.05) is 5.43 Å². The molecule has 3 rings (SSSR count). The van der Waals surface area contributed by atoms with Gasteiger partial charge in [-0.2, -0.15) is 0 Å². The van der Waals surface area contributed by atoms with E-state index >= 15 is 0 Å². The predicted octanol–water partition coefficient (Wildman–Crippen LogP) is 4.54. The van der Waals surface area contributed by atoms with Crippen LogP contribution < -0.4 is 5.43 Å². The van der Waals surface area contributed by atoms with Gasteiger partial charge in [0.15, 0.2) is 4.77 Å². The minimum Gasteiger partial charge on any atom is -0.333 e. The number of nitrogens with zero attached hydrogens (tertiary/aromatic N) is 1. The number of aromatic nitrogens is 2. The Balaban J connectivity index is 2.06. The largest absolute Gasteiger partial charge is 0.333 e. The van der Waals surface area contributed by atoms with Gasteiger partial charge in [0, 0.05) is 11.3 Å². The molecule has 2 aromatic carbocycles. The van der Waals surface area contributed by atoms with Gasteiger partial charge in [-0.1, -0.05) is 30.3 Å². The van der Waals surface area contributed by atoms with Crippen molar-refractivity contribution in [1.82, 2.24) is 9.66 Å². The van der Waals surface area contributed by atoms with E-state index in [-0.39, 0.29) is 5.82 Å². The van der Waals surface area contributed by atoms with Crippen LogP contribution in [0.3, 0.4) is 0 Å². The summed E-state index contributed by atoms with van der Waals surface area (Å²) in [6.07, 6.45) is 0. The average molecular weight is 299 g/mol. The summed E-state index contributed by atoms with van der Waals surface area (Å²) in [6.45, 7) is 1.97. The molecule has 0 fully saturated rings. The topological polar surface area (TPSA) is 32.8 Å². The van der Waals surface area contributed by atoms with Gasteiger partial charge in [-0.15, -0.1) is 0 Å². The second kappa shape index (κ2) is 5.54. The van der Waals surface area contributed by atoms with Crippen molar-refractivity contribution in [1.29, 1.82) is 0 Å². The number of halogens is 1. The molecule has 2 N–H and O–H groups in total. The van der Waals surface area contributed by atoms with Gasteiger partial charge in [0.1, 0.15) is 5.82 Å². The van der Waals surface area contributed by atoms with E-state index < -0.39 is 0 Å². The number of nitrogens with one attached hydrogen (secondary N) is 2. The highest BCUT2D eigenvalue weighted by molar-refractivity contribution is 7.71. The molecule has 0 aliphatic rings. The molecule has 0 unspecified atom stereocenters. The van der Waals surface area contributed by atoms with Gasteiger partial charge in [0.05, 0.1) is 11.4 Å². The minimum atomic E-state index is -0.266. The zero-order chi connectivity index (χ0) is 14.8. The second-order valence-corrected chi connectivity index (χ2v) is 5.11. The minimum absolute atomic E-state index is 0.266. The van der Waals surface area contributed by atoms with Crippen molar-refractivity contribution < 1.29 is 4.39 Å². The summed E-state index contributed by atoms with van der Waals surface area (Å²) in [5.74, 6) is -0.266. The summed E-state index contributed by atoms with van der Waals surface area (Å²) < 4.78 is 15.4. The Hall–Kier alpha value is -2.40. The summed E-state index contributed by atoms with van der Waals surface area (Å²) in [5.41, 5.74) is 6.96. The van der Waals surface area contributed by atoms with Crippen molar-refractivity contribution in [3.05, 3.63) is 70.9 Å². The summed E-state index contributed by atoms with van der Waals surface area (Å²) >= 11 is 5.36. The number of rotatable bonds is 3. The van der Waals surface area contributed by atoms with Crippen molar-refractivity contribution in [2.24, 2.45) is 0 Å². The molecule has 0 radical (unpaired) electrons. The lowest BCUT2D eigenvalue weighted by atomic mass is 10.1. The fourth-order valence-corrected chi connectivity index (χ4v) is 2.54. The fourth-order valence-electron chi connectivity index (χ4n) is 2.25. The molecule has 0 saturated heterocycles. The molecule has 106 valence electrons. The molecule has 0 bridgehead atoms. The molecule has 1 heterocycles. The van der Waals surface area contributed by atoms with Crippen LogP contribution >= 0.6 is 12.2 Å². The molecule has 0 atom stereocenters. The van der Waals surface area contributed by atoms with Gasteiger partial charge in [-0.05, 0) is 43.4 Å². The number of aryl methyl sites for hydroxylation is 1. The molecule has 0 aliphatic carbocycles. The standard InChI is InChI=1S/C16H14FN3S/c1-11-15(12-5-3-2-4-6-12)20(16(21)18-11)19-14-9-7-13(17)8-10-14/h2-10,19H,1H3,(H,18,21). The Morgan fingerprint density at radius 2 is 1.71 bits per heavy atom. The van der Waals surface area contributed by atoms with Crippen LogP contribution in [0.5, 0.6) is 0 Å². The van der Waals surface area contributed by atoms with Crippen LogP contribution in [0.25, 0.3) is 11.3 Å². The Labute approximate surface area is 127 Å². The second-order valence-electron chi connectivity index (χ2n) is 4.72. The van der Waals surface area contributed by atoms with E-state index in [4.69, 9.17) is 12.2 Å². The van der Waals surface area contributed by atoms with Crippen molar-refractivity contribution in [3.8, 4) is 11.3 Å². The van der Waals surface area contributed by atoms with Crippen LogP contribution in [0.1, 0.15) is 5.69 Å². The molecule has 0 amide bonds. The number of hydrogen-bond acceptors (Lipinski definition) is 2. The first-order valence-corrected chi connectivity index (χ1v) is 6.95. The maximum atomic E-state index is 13.0. The van der Waals surface area contributed by atoms with Gasteiger partial charge in [-0.3, -0.25) is 5.43 Å². The van der Waals surface area contributed by atoms with Gasteiger partial charge in [0.2, 0.25) is 0 Å². The van der Waals surface area contributed by atoms with E-state index in [9.17, 15) is 4.39 Å². The third kappa shape index (κ3) is 2.73. The molecule has 1 aromatic heterocycles. The van der Waals surface area contributed by atoms with E-state index in [1.54, 1.807) is 16.8 Å². The number of H-pyrrole nitrogens is 1. The Morgan fingerprint density at radius 1 is 1.05 bits per heavy atom. The van der Waals surface area contributed by atoms with Crippen LogP contribution in [0.15, 0.2) is 54.6 Å². The number of hydrogen-bond donors (Lipinski definition) is 2. The first-order chi connectivity index (χ1) is 10.1. The van der Waals surface area contributed by atoms with E-state index in [1.165, 1.54) is 12.1 Å². The lowest BCUT2D eigenvalue weighted by Gasteiger charge is -2.12. The van der Waals surface area contributed by atoms with Crippen molar-refractivity contribution in [2.45, 2.75) is 6.92 Å². The average Bonchev–Trinajstić information content (AvgIpc) is 2.76. The van der Waals surface area contributed by atoms with E-state index in [1.807, 2.05) is 37.3 Å². The summed E-state index contributed by atoms with van der Waals surface area (Å²) in [4.78, 5) is 3.15. The first-order valence-electron chi connectivity index (χ1n) is 6.55. The summed E-state index contributed by atoms with van der Waals surface area (Å²) in [7, 11) is 0. The predicted molar refractivity (Wildman–Crippen MR) is 85.2 cm³/mol. The highest BCUT2D eigenvalue weighted by Crippen LogP contribution is 2.23. The molecular weight excluding hydrogens is 285 g/mol. The number of imidazole rings is 1. The monoisotopic (exact) mass is 299 g/mol. The third-order valence-corrected chi connectivity index (χ3v) is 3.49. The maximum Gasteiger partial charge on any atom is 0.197 e. The molecule has 3 aromatic rings. The molecule has 3 nitrogen and oxygen atoms in total. The number of benzene rings is 2. The third-order valence-electron chi connectivity index (χ3n) is 3.21. The van der Waals surface area contributed by atoms with Gasteiger partial charge >= 0.3 is 0 Å². The van der Waals surface area contributed by atoms with Crippen LogP contribution in [-0.2, 0) is 0 Å². The molecule has 0 aliphatic heterocycles. The smallest absolute Gasteiger partial charge is 0.197 e. The zero-order valence-corrected chi connectivity index (χ0v) is 12.2. The van der Waals surface area contributed by atoms with E-state index in [0.717, 1.165) is 22.6 Å². The first kappa shape index (κ1) is 13.6. The molecule has 0 spiro atoms. The van der Waals surface area contributed by atoms with E-state index in [2.05, 4.69) is 10.4 Å². The molecular formula is C16H14FN3S. The molecule has 21 heavy (non-hydrogen) atoms. The molecule has 5 heteroatoms. The highest BCUT2D eigenvalue weighted by Gasteiger charge is 2.11. The Kier molecular flexibility index (Phi) is 3.58. The lowest BCUT2D eigenvalue weighted by molar-refractivity contribution is 0.628. The Morgan fingerprint density at radius 3 is 2.38 bits per heavy atom. The SMILES string of the molecule is Cc1[nH]c(=S)n(Nc2ccc(F)cc2)c1-c1ccccc1. The quantitative estimate of drug-likeness (QED) is 0.696. The van der Waals surface area contributed by atoms with Gasteiger partial charge in [-0.25, -0.2) is 9.07 Å².